The third kappa shape index (κ3) is 4.03. The Bertz CT molecular complexity index is 819. The molecule has 1 atom stereocenters. The van der Waals surface area contributed by atoms with Crippen LogP contribution in [0.25, 0.3) is 0 Å². The molecule has 0 aliphatic carbocycles. The maximum atomic E-state index is 13.3. The van der Waals surface area contributed by atoms with E-state index < -0.39 is 6.10 Å². The van der Waals surface area contributed by atoms with Crippen LogP contribution in [0, 0.1) is 5.82 Å². The number of aromatic nitrogens is 1. The van der Waals surface area contributed by atoms with Crippen molar-refractivity contribution in [2.75, 3.05) is 38.1 Å². The molecule has 2 aliphatic rings. The fourth-order valence-electron chi connectivity index (χ4n) is 3.41. The van der Waals surface area contributed by atoms with Gasteiger partial charge in [0.25, 0.3) is 5.91 Å². The van der Waals surface area contributed by atoms with Crippen molar-refractivity contribution in [3.05, 3.63) is 53.5 Å². The zero-order chi connectivity index (χ0) is 18.8. The van der Waals surface area contributed by atoms with Crippen molar-refractivity contribution in [2.24, 2.45) is 0 Å². The van der Waals surface area contributed by atoms with Gasteiger partial charge in [0.2, 0.25) is 0 Å². The number of likely N-dealkylation sites (N-methyl/N-ethyl adjacent to an activating group) is 1. The summed E-state index contributed by atoms with van der Waals surface area (Å²) in [6, 6.07) is 8.31. The zero-order valence-electron chi connectivity index (χ0n) is 15.3. The Morgan fingerprint density at radius 3 is 2.81 bits per heavy atom. The van der Waals surface area contributed by atoms with Crippen molar-refractivity contribution in [3.8, 4) is 5.75 Å². The second kappa shape index (κ2) is 7.52. The smallest absolute Gasteiger partial charge is 0.261 e. The largest absolute Gasteiger partial charge is 0.480 e. The molecule has 2 aliphatic heterocycles. The Labute approximate surface area is 157 Å². The van der Waals surface area contributed by atoms with Crippen LogP contribution in [0.2, 0.25) is 0 Å². The van der Waals surface area contributed by atoms with E-state index in [1.165, 1.54) is 12.1 Å². The normalized spacial score (nSPS) is 19.5. The highest BCUT2D eigenvalue weighted by atomic mass is 19.1. The number of fused-ring (bicyclic) bond motifs is 1. The zero-order valence-corrected chi connectivity index (χ0v) is 15.3. The van der Waals surface area contributed by atoms with E-state index >= 15 is 0 Å². The molecule has 0 radical (unpaired) electrons. The highest BCUT2D eigenvalue weighted by molar-refractivity contribution is 5.82. The molecular weight excluding hydrogens is 347 g/mol. The number of carbonyl (C=O) groups is 1. The molecule has 2 aromatic rings. The van der Waals surface area contributed by atoms with Crippen molar-refractivity contribution >= 4 is 11.7 Å². The van der Waals surface area contributed by atoms with Crippen LogP contribution in [-0.2, 0) is 17.8 Å². The Kier molecular flexibility index (Phi) is 4.94. The van der Waals surface area contributed by atoms with Crippen LogP contribution in [0.4, 0.5) is 10.2 Å². The fourth-order valence-corrected chi connectivity index (χ4v) is 3.41. The van der Waals surface area contributed by atoms with Gasteiger partial charge in [0, 0.05) is 50.9 Å². The molecule has 1 N–H and O–H groups in total. The summed E-state index contributed by atoms with van der Waals surface area (Å²) in [6.07, 6.45) is 1.58. The molecule has 1 aromatic heterocycles. The van der Waals surface area contributed by atoms with Gasteiger partial charge in [0.1, 0.15) is 17.4 Å². The summed E-state index contributed by atoms with van der Waals surface area (Å²) in [5.41, 5.74) is 1.66. The quantitative estimate of drug-likeness (QED) is 0.886. The van der Waals surface area contributed by atoms with Crippen LogP contribution in [0.3, 0.4) is 0 Å². The van der Waals surface area contributed by atoms with Gasteiger partial charge in [0.05, 0.1) is 0 Å². The van der Waals surface area contributed by atoms with E-state index in [9.17, 15) is 9.18 Å². The van der Waals surface area contributed by atoms with Crippen LogP contribution < -0.4 is 15.0 Å². The maximum absolute atomic E-state index is 13.3. The number of pyridine rings is 1. The summed E-state index contributed by atoms with van der Waals surface area (Å²) in [7, 11) is 2.12. The summed E-state index contributed by atoms with van der Waals surface area (Å²) < 4.78 is 18.9. The topological polar surface area (TPSA) is 57.7 Å². The molecule has 1 unspecified atom stereocenters. The summed E-state index contributed by atoms with van der Waals surface area (Å²) in [5.74, 6) is 1.03. The summed E-state index contributed by atoms with van der Waals surface area (Å²) in [4.78, 5) is 21.5. The van der Waals surface area contributed by atoms with E-state index in [1.807, 2.05) is 12.1 Å². The molecule has 3 heterocycles. The molecule has 6 nitrogen and oxygen atoms in total. The molecular formula is C20H23FN4O2. The number of carbonyl (C=O) groups excluding carboxylic acids is 1. The molecule has 4 rings (SSSR count). The maximum Gasteiger partial charge on any atom is 0.261 e. The number of ether oxygens (including phenoxy) is 1. The number of anilines is 1. The first kappa shape index (κ1) is 17.7. The number of hydrogen-bond acceptors (Lipinski definition) is 5. The molecule has 27 heavy (non-hydrogen) atoms. The minimum absolute atomic E-state index is 0.199. The van der Waals surface area contributed by atoms with Gasteiger partial charge >= 0.3 is 0 Å². The molecule has 1 amide bonds. The summed E-state index contributed by atoms with van der Waals surface area (Å²) in [6.45, 7) is 4.40. The van der Waals surface area contributed by atoms with Crippen LogP contribution in [0.5, 0.6) is 5.75 Å². The predicted molar refractivity (Wildman–Crippen MR) is 100 cm³/mol. The van der Waals surface area contributed by atoms with Crippen molar-refractivity contribution in [1.82, 2.24) is 15.2 Å². The lowest BCUT2D eigenvalue weighted by Crippen LogP contribution is -2.44. The van der Waals surface area contributed by atoms with Gasteiger partial charge < -0.3 is 19.9 Å². The van der Waals surface area contributed by atoms with Gasteiger partial charge in [-0.3, -0.25) is 4.79 Å². The Balaban J connectivity index is 1.29. The summed E-state index contributed by atoms with van der Waals surface area (Å²) in [5, 5.41) is 2.88. The predicted octanol–water partition coefficient (Wildman–Crippen LogP) is 1.59. The SMILES string of the molecule is CN1CCN(c2ccc(CNC(=O)C3Cc4cc(F)ccc4O3)cn2)CC1. The van der Waals surface area contributed by atoms with Gasteiger partial charge in [0.15, 0.2) is 6.10 Å². The van der Waals surface area contributed by atoms with E-state index in [2.05, 4.69) is 27.1 Å². The van der Waals surface area contributed by atoms with Gasteiger partial charge in [-0.2, -0.15) is 0 Å². The second-order valence-electron chi connectivity index (χ2n) is 7.10. The Hall–Kier alpha value is -2.67. The molecule has 1 aromatic carbocycles. The van der Waals surface area contributed by atoms with Crippen LogP contribution in [-0.4, -0.2) is 55.1 Å². The molecule has 1 saturated heterocycles. The van der Waals surface area contributed by atoms with Gasteiger partial charge in [-0.05, 0) is 36.9 Å². The fraction of sp³-hybridized carbons (Fsp3) is 0.400. The second-order valence-corrected chi connectivity index (χ2v) is 7.10. The molecule has 7 heteroatoms. The van der Waals surface area contributed by atoms with Crippen molar-refractivity contribution in [3.63, 3.8) is 0 Å². The Morgan fingerprint density at radius 2 is 2.07 bits per heavy atom. The number of benzene rings is 1. The third-order valence-electron chi connectivity index (χ3n) is 5.09. The lowest BCUT2D eigenvalue weighted by molar-refractivity contribution is -0.127. The van der Waals surface area contributed by atoms with Crippen molar-refractivity contribution in [1.29, 1.82) is 0 Å². The van der Waals surface area contributed by atoms with Gasteiger partial charge in [-0.1, -0.05) is 6.07 Å². The van der Waals surface area contributed by atoms with Crippen LogP contribution in [0.15, 0.2) is 36.5 Å². The lowest BCUT2D eigenvalue weighted by atomic mass is 10.1. The minimum Gasteiger partial charge on any atom is -0.480 e. The highest BCUT2D eigenvalue weighted by Crippen LogP contribution is 2.29. The highest BCUT2D eigenvalue weighted by Gasteiger charge is 2.29. The number of hydrogen-bond donors (Lipinski definition) is 1. The van der Waals surface area contributed by atoms with Crippen LogP contribution >= 0.6 is 0 Å². The number of rotatable bonds is 4. The Morgan fingerprint density at radius 1 is 1.26 bits per heavy atom. The third-order valence-corrected chi connectivity index (χ3v) is 5.09. The molecule has 0 saturated carbocycles. The van der Waals surface area contributed by atoms with E-state index in [1.54, 1.807) is 12.3 Å². The van der Waals surface area contributed by atoms with Crippen LogP contribution in [0.1, 0.15) is 11.1 Å². The van der Waals surface area contributed by atoms with Crippen molar-refractivity contribution in [2.45, 2.75) is 19.1 Å². The number of nitrogens with zero attached hydrogens (tertiary/aromatic N) is 3. The standard InChI is InChI=1S/C20H23FN4O2/c1-24-6-8-25(9-7-24)19-5-2-14(12-22-19)13-23-20(26)18-11-15-10-16(21)3-4-17(15)27-18/h2-5,10,12,18H,6-9,11,13H2,1H3,(H,23,26). The minimum atomic E-state index is -0.612. The number of amides is 1. The van der Waals surface area contributed by atoms with Gasteiger partial charge in [-0.15, -0.1) is 0 Å². The van der Waals surface area contributed by atoms with E-state index in [4.69, 9.17) is 4.74 Å². The van der Waals surface area contributed by atoms with E-state index in [0.717, 1.165) is 43.1 Å². The number of halogens is 1. The number of piperazine rings is 1. The number of nitrogens with one attached hydrogen (secondary N) is 1. The first-order valence-corrected chi connectivity index (χ1v) is 9.20. The van der Waals surface area contributed by atoms with Crippen molar-refractivity contribution < 1.29 is 13.9 Å². The van der Waals surface area contributed by atoms with E-state index in [0.29, 0.717) is 18.7 Å². The average molecular weight is 370 g/mol. The van der Waals surface area contributed by atoms with Gasteiger partial charge in [-0.25, -0.2) is 9.37 Å². The molecule has 0 spiro atoms. The molecule has 1 fully saturated rings. The monoisotopic (exact) mass is 370 g/mol. The molecule has 0 bridgehead atoms. The lowest BCUT2D eigenvalue weighted by Gasteiger charge is -2.33. The first-order valence-electron chi connectivity index (χ1n) is 9.20. The van der Waals surface area contributed by atoms with E-state index in [-0.39, 0.29) is 11.7 Å². The first-order chi connectivity index (χ1) is 13.1. The average Bonchev–Trinajstić information content (AvgIpc) is 3.10. The molecule has 142 valence electrons. The summed E-state index contributed by atoms with van der Waals surface area (Å²) >= 11 is 0.